The van der Waals surface area contributed by atoms with Crippen molar-refractivity contribution in [1.29, 1.82) is 0 Å². The van der Waals surface area contributed by atoms with Crippen LogP contribution in [0.3, 0.4) is 0 Å². The van der Waals surface area contributed by atoms with Gasteiger partial charge in [0.25, 0.3) is 5.91 Å². The summed E-state index contributed by atoms with van der Waals surface area (Å²) in [6, 6.07) is 5.48. The van der Waals surface area contributed by atoms with E-state index in [4.69, 9.17) is 17.3 Å². The number of pyridine rings is 1. The van der Waals surface area contributed by atoms with Gasteiger partial charge >= 0.3 is 6.18 Å². The number of halogens is 4. The van der Waals surface area contributed by atoms with Crippen molar-refractivity contribution in [2.75, 3.05) is 11.1 Å². The number of nitrogens with zero attached hydrogens (tertiary/aromatic N) is 1. The molecule has 0 unspecified atom stereocenters. The van der Waals surface area contributed by atoms with E-state index in [1.165, 1.54) is 18.3 Å². The molecule has 0 aliphatic rings. The summed E-state index contributed by atoms with van der Waals surface area (Å²) in [6.07, 6.45) is -3.31. The van der Waals surface area contributed by atoms with E-state index in [9.17, 15) is 18.0 Å². The van der Waals surface area contributed by atoms with Gasteiger partial charge in [-0.25, -0.2) is 4.98 Å². The van der Waals surface area contributed by atoms with Crippen LogP contribution >= 0.6 is 11.6 Å². The summed E-state index contributed by atoms with van der Waals surface area (Å²) in [4.78, 5) is 15.6. The predicted octanol–water partition coefficient (Wildman–Crippen LogP) is 3.59. The number of nitrogens with one attached hydrogen (secondary N) is 1. The standard InChI is InChI=1S/C13H9ClF3N3O/c14-9-3-2-8(13(15,16)17)5-10(9)20-12(21)7-1-4-11(18)19-6-7/h1-6H,(H2,18,19)(H,20,21). The quantitative estimate of drug-likeness (QED) is 0.890. The lowest BCUT2D eigenvalue weighted by molar-refractivity contribution is -0.137. The summed E-state index contributed by atoms with van der Waals surface area (Å²) in [5.74, 6) is -0.410. The van der Waals surface area contributed by atoms with Crippen LogP contribution in [0, 0.1) is 0 Å². The minimum absolute atomic E-state index is 0.000228. The molecule has 0 atom stereocenters. The lowest BCUT2D eigenvalue weighted by Crippen LogP contribution is -2.14. The van der Waals surface area contributed by atoms with Gasteiger partial charge in [-0.3, -0.25) is 4.79 Å². The fourth-order valence-electron chi connectivity index (χ4n) is 1.53. The van der Waals surface area contributed by atoms with Crippen molar-refractivity contribution in [3.8, 4) is 0 Å². The first kappa shape index (κ1) is 15.1. The first-order chi connectivity index (χ1) is 9.77. The van der Waals surface area contributed by atoms with E-state index in [2.05, 4.69) is 10.3 Å². The number of hydrogen-bond donors (Lipinski definition) is 2. The van der Waals surface area contributed by atoms with Crippen molar-refractivity contribution in [3.63, 3.8) is 0 Å². The highest BCUT2D eigenvalue weighted by Crippen LogP contribution is 2.33. The smallest absolute Gasteiger partial charge is 0.384 e. The lowest BCUT2D eigenvalue weighted by Gasteiger charge is -2.11. The second-order valence-electron chi connectivity index (χ2n) is 4.12. The van der Waals surface area contributed by atoms with Gasteiger partial charge in [0, 0.05) is 6.20 Å². The average molecular weight is 316 g/mol. The Balaban J connectivity index is 2.26. The monoisotopic (exact) mass is 315 g/mol. The third-order valence-corrected chi connectivity index (χ3v) is 2.92. The lowest BCUT2D eigenvalue weighted by atomic mass is 10.2. The molecule has 1 aromatic heterocycles. The molecule has 0 saturated carbocycles. The van der Waals surface area contributed by atoms with Gasteiger partial charge in [-0.1, -0.05) is 11.6 Å². The van der Waals surface area contributed by atoms with Crippen LogP contribution in [0.2, 0.25) is 5.02 Å². The zero-order chi connectivity index (χ0) is 15.6. The topological polar surface area (TPSA) is 68.0 Å². The van der Waals surface area contributed by atoms with Crippen LogP contribution in [-0.4, -0.2) is 10.9 Å². The molecule has 0 bridgehead atoms. The second-order valence-corrected chi connectivity index (χ2v) is 4.53. The average Bonchev–Trinajstić information content (AvgIpc) is 2.40. The van der Waals surface area contributed by atoms with E-state index in [1.807, 2.05) is 0 Å². The number of carbonyl (C=O) groups excluding carboxylic acids is 1. The van der Waals surface area contributed by atoms with Crippen LogP contribution in [0.4, 0.5) is 24.7 Å². The second kappa shape index (κ2) is 5.61. The van der Waals surface area contributed by atoms with Gasteiger partial charge in [0.1, 0.15) is 5.82 Å². The summed E-state index contributed by atoms with van der Waals surface area (Å²) in [6.45, 7) is 0. The van der Waals surface area contributed by atoms with Crippen LogP contribution in [0.15, 0.2) is 36.5 Å². The van der Waals surface area contributed by atoms with Gasteiger partial charge in [-0.05, 0) is 30.3 Å². The van der Waals surface area contributed by atoms with Gasteiger partial charge in [-0.15, -0.1) is 0 Å². The van der Waals surface area contributed by atoms with E-state index < -0.39 is 17.6 Å². The summed E-state index contributed by atoms with van der Waals surface area (Å²) < 4.78 is 37.9. The zero-order valence-electron chi connectivity index (χ0n) is 10.4. The molecule has 4 nitrogen and oxygen atoms in total. The molecule has 0 saturated heterocycles. The first-order valence-electron chi connectivity index (χ1n) is 5.67. The van der Waals surface area contributed by atoms with Gasteiger partial charge in [0.15, 0.2) is 0 Å². The van der Waals surface area contributed by atoms with Crippen LogP contribution in [0.5, 0.6) is 0 Å². The molecule has 21 heavy (non-hydrogen) atoms. The molecule has 1 aromatic carbocycles. The third kappa shape index (κ3) is 3.63. The van der Waals surface area contributed by atoms with Crippen molar-refractivity contribution in [2.24, 2.45) is 0 Å². The Kier molecular flexibility index (Phi) is 4.04. The maximum atomic E-state index is 12.6. The maximum Gasteiger partial charge on any atom is 0.416 e. The van der Waals surface area contributed by atoms with Crippen LogP contribution in [0.1, 0.15) is 15.9 Å². The summed E-state index contributed by atoms with van der Waals surface area (Å²) >= 11 is 5.79. The highest BCUT2D eigenvalue weighted by atomic mass is 35.5. The van der Waals surface area contributed by atoms with Crippen molar-refractivity contribution >= 4 is 29.0 Å². The van der Waals surface area contributed by atoms with Crippen LogP contribution < -0.4 is 11.1 Å². The zero-order valence-corrected chi connectivity index (χ0v) is 11.2. The molecule has 110 valence electrons. The van der Waals surface area contributed by atoms with E-state index in [0.29, 0.717) is 0 Å². The first-order valence-corrected chi connectivity index (χ1v) is 6.05. The number of aromatic nitrogens is 1. The van der Waals surface area contributed by atoms with Crippen molar-refractivity contribution in [2.45, 2.75) is 6.18 Å². The van der Waals surface area contributed by atoms with Crippen LogP contribution in [0.25, 0.3) is 0 Å². The molecule has 0 fully saturated rings. The number of carbonyl (C=O) groups is 1. The molecule has 0 aliphatic carbocycles. The Hall–Kier alpha value is -2.28. The molecular formula is C13H9ClF3N3O. The minimum Gasteiger partial charge on any atom is -0.384 e. The van der Waals surface area contributed by atoms with E-state index in [0.717, 1.165) is 18.2 Å². The fraction of sp³-hybridized carbons (Fsp3) is 0.0769. The van der Waals surface area contributed by atoms with E-state index >= 15 is 0 Å². The molecule has 8 heteroatoms. The molecular weight excluding hydrogens is 307 g/mol. The third-order valence-electron chi connectivity index (χ3n) is 2.59. The Morgan fingerprint density at radius 3 is 2.52 bits per heavy atom. The highest BCUT2D eigenvalue weighted by molar-refractivity contribution is 6.34. The van der Waals surface area contributed by atoms with Gasteiger partial charge in [0.2, 0.25) is 0 Å². The molecule has 2 aromatic rings. The SMILES string of the molecule is Nc1ccc(C(=O)Nc2cc(C(F)(F)F)ccc2Cl)cn1. The fourth-order valence-corrected chi connectivity index (χ4v) is 1.70. The summed E-state index contributed by atoms with van der Waals surface area (Å²) in [5, 5.41) is 2.31. The molecule has 0 aliphatic heterocycles. The van der Waals surface area contributed by atoms with Gasteiger partial charge in [0.05, 0.1) is 21.8 Å². The van der Waals surface area contributed by atoms with E-state index in [-0.39, 0.29) is 22.1 Å². The van der Waals surface area contributed by atoms with Crippen LogP contribution in [-0.2, 0) is 6.18 Å². The highest BCUT2D eigenvalue weighted by Gasteiger charge is 2.31. The summed E-state index contributed by atoms with van der Waals surface area (Å²) in [5.41, 5.74) is 4.50. The van der Waals surface area contributed by atoms with Crippen molar-refractivity contribution in [3.05, 3.63) is 52.7 Å². The molecule has 1 amide bonds. The molecule has 1 heterocycles. The predicted molar refractivity (Wildman–Crippen MR) is 73.1 cm³/mol. The number of nitrogen functional groups attached to an aromatic ring is 1. The number of hydrogen-bond acceptors (Lipinski definition) is 3. The number of rotatable bonds is 2. The molecule has 0 spiro atoms. The maximum absolute atomic E-state index is 12.6. The molecule has 0 radical (unpaired) electrons. The van der Waals surface area contributed by atoms with Gasteiger partial charge in [-0.2, -0.15) is 13.2 Å². The Labute approximate surface area is 122 Å². The number of benzene rings is 1. The largest absolute Gasteiger partial charge is 0.416 e. The summed E-state index contributed by atoms with van der Waals surface area (Å²) in [7, 11) is 0. The van der Waals surface area contributed by atoms with Crippen molar-refractivity contribution < 1.29 is 18.0 Å². The normalized spacial score (nSPS) is 11.2. The number of amides is 1. The Bertz CT molecular complexity index is 671. The van der Waals surface area contributed by atoms with Gasteiger partial charge < -0.3 is 11.1 Å². The number of alkyl halides is 3. The molecule has 3 N–H and O–H groups in total. The Morgan fingerprint density at radius 1 is 1.24 bits per heavy atom. The number of nitrogens with two attached hydrogens (primary N) is 1. The molecule has 2 rings (SSSR count). The Morgan fingerprint density at radius 2 is 1.95 bits per heavy atom. The van der Waals surface area contributed by atoms with Crippen molar-refractivity contribution in [1.82, 2.24) is 4.98 Å². The minimum atomic E-state index is -4.52. The van der Waals surface area contributed by atoms with E-state index in [1.54, 1.807) is 0 Å². The number of anilines is 2.